The monoisotopic (exact) mass is 325 g/mol. The van der Waals surface area contributed by atoms with Crippen molar-refractivity contribution in [3.63, 3.8) is 0 Å². The molecule has 1 saturated heterocycles. The Bertz CT molecular complexity index is 700. The van der Waals surface area contributed by atoms with Crippen LogP contribution >= 0.6 is 0 Å². The second-order valence-corrected chi connectivity index (χ2v) is 6.22. The lowest BCUT2D eigenvalue weighted by Gasteiger charge is -2.31. The minimum atomic E-state index is -0.268. The Balaban J connectivity index is 1.78. The largest absolute Gasteiger partial charge is 0.497 e. The first-order valence-electron chi connectivity index (χ1n) is 8.28. The first-order valence-corrected chi connectivity index (χ1v) is 8.28. The number of hydrogen-bond acceptors (Lipinski definition) is 4. The number of amides is 1. The van der Waals surface area contributed by atoms with Crippen LogP contribution in [0.25, 0.3) is 11.3 Å². The zero-order valence-corrected chi connectivity index (χ0v) is 13.9. The molecule has 2 aromatic rings. The molecule has 0 radical (unpaired) electrons. The summed E-state index contributed by atoms with van der Waals surface area (Å²) in [6.45, 7) is 2.09. The number of hydrogen-bond donors (Lipinski definition) is 1. The predicted molar refractivity (Wildman–Crippen MR) is 93.8 cm³/mol. The fourth-order valence-corrected chi connectivity index (χ4v) is 3.26. The maximum Gasteiger partial charge on any atom is 0.231 e. The number of aromatic nitrogens is 1. The van der Waals surface area contributed by atoms with Gasteiger partial charge in [0.25, 0.3) is 0 Å². The Labute approximate surface area is 142 Å². The van der Waals surface area contributed by atoms with Gasteiger partial charge in [-0.25, -0.2) is 0 Å². The van der Waals surface area contributed by atoms with Crippen molar-refractivity contribution < 1.29 is 9.53 Å². The van der Waals surface area contributed by atoms with Gasteiger partial charge in [0.2, 0.25) is 5.91 Å². The average Bonchev–Trinajstić information content (AvgIpc) is 2.62. The zero-order valence-electron chi connectivity index (χ0n) is 13.9. The highest BCUT2D eigenvalue weighted by Gasteiger charge is 2.23. The van der Waals surface area contributed by atoms with E-state index in [-0.39, 0.29) is 5.91 Å². The maximum absolute atomic E-state index is 11.2. The van der Waals surface area contributed by atoms with Crippen molar-refractivity contribution in [1.29, 1.82) is 0 Å². The molecular weight excluding hydrogens is 302 g/mol. The summed E-state index contributed by atoms with van der Waals surface area (Å²) in [5, 5.41) is 0. The van der Waals surface area contributed by atoms with Crippen molar-refractivity contribution in [2.45, 2.75) is 18.8 Å². The molecule has 0 spiro atoms. The summed E-state index contributed by atoms with van der Waals surface area (Å²) in [6.07, 6.45) is 2.15. The van der Waals surface area contributed by atoms with Crippen molar-refractivity contribution >= 4 is 5.91 Å². The van der Waals surface area contributed by atoms with Gasteiger partial charge in [0, 0.05) is 23.7 Å². The molecule has 1 amide bonds. The predicted octanol–water partition coefficient (Wildman–Crippen LogP) is 2.42. The number of nitrogens with two attached hydrogens (primary N) is 1. The molecule has 0 bridgehead atoms. The second kappa shape index (κ2) is 7.45. The summed E-state index contributed by atoms with van der Waals surface area (Å²) in [7, 11) is 1.66. The van der Waals surface area contributed by atoms with Crippen LogP contribution in [-0.2, 0) is 4.79 Å². The Morgan fingerprint density at radius 2 is 2.08 bits per heavy atom. The Kier molecular flexibility index (Phi) is 5.11. The molecule has 2 heterocycles. The van der Waals surface area contributed by atoms with Crippen molar-refractivity contribution in [2.24, 2.45) is 5.73 Å². The second-order valence-electron chi connectivity index (χ2n) is 6.22. The first-order chi connectivity index (χ1) is 11.7. The molecule has 126 valence electrons. The number of carbonyl (C=O) groups is 1. The number of benzene rings is 1. The van der Waals surface area contributed by atoms with Gasteiger partial charge in [-0.05, 0) is 55.8 Å². The van der Waals surface area contributed by atoms with Gasteiger partial charge in [-0.3, -0.25) is 14.7 Å². The summed E-state index contributed by atoms with van der Waals surface area (Å²) in [4.78, 5) is 18.1. The molecule has 1 aliphatic heterocycles. The van der Waals surface area contributed by atoms with Gasteiger partial charge in [0.05, 0.1) is 19.3 Å². The first kappa shape index (κ1) is 16.5. The Morgan fingerprint density at radius 1 is 1.29 bits per heavy atom. The number of nitrogens with zero attached hydrogens (tertiary/aromatic N) is 2. The molecule has 5 nitrogen and oxygen atoms in total. The number of pyridine rings is 1. The summed E-state index contributed by atoms with van der Waals surface area (Å²) >= 11 is 0. The molecular formula is C19H23N3O2. The highest BCUT2D eigenvalue weighted by atomic mass is 16.5. The fourth-order valence-electron chi connectivity index (χ4n) is 3.26. The van der Waals surface area contributed by atoms with Gasteiger partial charge < -0.3 is 10.5 Å². The molecule has 1 atom stereocenters. The van der Waals surface area contributed by atoms with E-state index >= 15 is 0 Å². The van der Waals surface area contributed by atoms with E-state index in [4.69, 9.17) is 15.5 Å². The standard InChI is InChI=1S/C19H23N3O2/c1-24-16-9-7-14(8-10-16)17-5-2-6-18(21-17)15-4-3-11-22(12-15)13-19(20)23/h2,5-10,15H,3-4,11-13H2,1H3,(H2,20,23)/t15-/m1/s1. The third kappa shape index (κ3) is 3.92. The smallest absolute Gasteiger partial charge is 0.231 e. The molecule has 0 saturated carbocycles. The number of ether oxygens (including phenoxy) is 1. The van der Waals surface area contributed by atoms with Crippen LogP contribution in [0.3, 0.4) is 0 Å². The lowest BCUT2D eigenvalue weighted by molar-refractivity contribution is -0.119. The van der Waals surface area contributed by atoms with Crippen molar-refractivity contribution in [3.05, 3.63) is 48.2 Å². The van der Waals surface area contributed by atoms with Crippen LogP contribution in [0.4, 0.5) is 0 Å². The maximum atomic E-state index is 11.2. The molecule has 0 aliphatic carbocycles. The summed E-state index contributed by atoms with van der Waals surface area (Å²) in [5.41, 5.74) is 8.44. The highest BCUT2D eigenvalue weighted by molar-refractivity contribution is 5.75. The van der Waals surface area contributed by atoms with Gasteiger partial charge >= 0.3 is 0 Å². The highest BCUT2D eigenvalue weighted by Crippen LogP contribution is 2.28. The van der Waals surface area contributed by atoms with Gasteiger partial charge in [-0.1, -0.05) is 6.07 Å². The molecule has 3 rings (SSSR count). The number of carbonyl (C=O) groups excluding carboxylic acids is 1. The van der Waals surface area contributed by atoms with E-state index in [0.29, 0.717) is 12.5 Å². The minimum absolute atomic E-state index is 0.268. The lowest BCUT2D eigenvalue weighted by Crippen LogP contribution is -2.40. The van der Waals surface area contributed by atoms with E-state index in [1.165, 1.54) is 0 Å². The van der Waals surface area contributed by atoms with Gasteiger partial charge in [-0.15, -0.1) is 0 Å². The SMILES string of the molecule is COc1ccc(-c2cccc([C@@H]3CCCN(CC(N)=O)C3)n2)cc1. The van der Waals surface area contributed by atoms with Crippen LogP contribution in [0, 0.1) is 0 Å². The Hall–Kier alpha value is -2.40. The van der Waals surface area contributed by atoms with Crippen LogP contribution in [-0.4, -0.2) is 42.5 Å². The van der Waals surface area contributed by atoms with Crippen molar-refractivity contribution in [1.82, 2.24) is 9.88 Å². The van der Waals surface area contributed by atoms with Crippen molar-refractivity contribution in [3.8, 4) is 17.0 Å². The summed E-state index contributed by atoms with van der Waals surface area (Å²) < 4.78 is 5.20. The average molecular weight is 325 g/mol. The topological polar surface area (TPSA) is 68.5 Å². The van der Waals surface area contributed by atoms with E-state index in [0.717, 1.165) is 48.6 Å². The zero-order chi connectivity index (χ0) is 16.9. The van der Waals surface area contributed by atoms with E-state index in [2.05, 4.69) is 17.0 Å². The van der Waals surface area contributed by atoms with Crippen LogP contribution in [0.15, 0.2) is 42.5 Å². The summed E-state index contributed by atoms with van der Waals surface area (Å²) in [5.74, 6) is 0.913. The number of primary amides is 1. The minimum Gasteiger partial charge on any atom is -0.497 e. The third-order valence-electron chi connectivity index (χ3n) is 4.46. The van der Waals surface area contributed by atoms with E-state index in [9.17, 15) is 4.79 Å². The number of rotatable bonds is 5. The van der Waals surface area contributed by atoms with E-state index < -0.39 is 0 Å². The van der Waals surface area contributed by atoms with Crippen LogP contribution < -0.4 is 10.5 Å². The number of methoxy groups -OCH3 is 1. The van der Waals surface area contributed by atoms with E-state index in [1.807, 2.05) is 30.3 Å². The summed E-state index contributed by atoms with van der Waals surface area (Å²) in [6, 6.07) is 14.1. The molecule has 0 unspecified atom stereocenters. The normalized spacial score (nSPS) is 18.3. The number of piperidine rings is 1. The molecule has 2 N–H and O–H groups in total. The van der Waals surface area contributed by atoms with Crippen molar-refractivity contribution in [2.75, 3.05) is 26.7 Å². The molecule has 24 heavy (non-hydrogen) atoms. The molecule has 1 fully saturated rings. The van der Waals surface area contributed by atoms with E-state index in [1.54, 1.807) is 7.11 Å². The van der Waals surface area contributed by atoms with Gasteiger partial charge in [-0.2, -0.15) is 0 Å². The Morgan fingerprint density at radius 3 is 2.79 bits per heavy atom. The van der Waals surface area contributed by atoms with Gasteiger partial charge in [0.15, 0.2) is 0 Å². The molecule has 1 aromatic heterocycles. The van der Waals surface area contributed by atoms with Crippen LogP contribution in [0.2, 0.25) is 0 Å². The molecule has 1 aromatic carbocycles. The lowest BCUT2D eigenvalue weighted by atomic mass is 9.94. The molecule has 5 heteroatoms. The molecule has 1 aliphatic rings. The number of likely N-dealkylation sites (tertiary alicyclic amines) is 1. The third-order valence-corrected chi connectivity index (χ3v) is 4.46. The van der Waals surface area contributed by atoms with Crippen LogP contribution in [0.5, 0.6) is 5.75 Å². The quantitative estimate of drug-likeness (QED) is 0.917. The van der Waals surface area contributed by atoms with Crippen LogP contribution in [0.1, 0.15) is 24.5 Å². The van der Waals surface area contributed by atoms with Gasteiger partial charge in [0.1, 0.15) is 5.75 Å². The fraction of sp³-hybridized carbons (Fsp3) is 0.368.